The van der Waals surface area contributed by atoms with Gasteiger partial charge in [0.15, 0.2) is 0 Å². The molecule has 0 unspecified atom stereocenters. The summed E-state index contributed by atoms with van der Waals surface area (Å²) in [6.45, 7) is 6.58. The second kappa shape index (κ2) is 12.1. The van der Waals surface area contributed by atoms with Crippen molar-refractivity contribution in [3.8, 4) is 0 Å². The normalized spacial score (nSPS) is 14.8. The smallest absolute Gasteiger partial charge is 0.243 e. The van der Waals surface area contributed by atoms with Gasteiger partial charge in [-0.3, -0.25) is 9.59 Å². The molecule has 1 fully saturated rings. The van der Waals surface area contributed by atoms with Gasteiger partial charge in [0.25, 0.3) is 0 Å². The molecule has 0 bridgehead atoms. The Morgan fingerprint density at radius 1 is 1.03 bits per heavy atom. The van der Waals surface area contributed by atoms with Gasteiger partial charge >= 0.3 is 0 Å². The monoisotopic (exact) mass is 452 g/mol. The largest absolute Gasteiger partial charge is 0.352 e. The van der Waals surface area contributed by atoms with Crippen LogP contribution < -0.4 is 5.32 Å². The SMILES string of the molecule is CC[C@H](C(=O)NC1CCCC1)N(Cc1cccc(C)c1)C(=O)CSCc1ccc(C)cc1. The summed E-state index contributed by atoms with van der Waals surface area (Å²) in [6.07, 6.45) is 5.03. The van der Waals surface area contributed by atoms with Crippen LogP contribution in [-0.4, -0.2) is 34.6 Å². The Hall–Kier alpha value is -2.27. The number of nitrogens with zero attached hydrogens (tertiary/aromatic N) is 1. The molecular weight excluding hydrogens is 416 g/mol. The van der Waals surface area contributed by atoms with Crippen molar-refractivity contribution in [2.24, 2.45) is 0 Å². The number of hydrogen-bond acceptors (Lipinski definition) is 3. The van der Waals surface area contributed by atoms with Crippen LogP contribution in [0.25, 0.3) is 0 Å². The number of aryl methyl sites for hydroxylation is 2. The molecule has 0 radical (unpaired) electrons. The van der Waals surface area contributed by atoms with Crippen molar-refractivity contribution in [2.75, 3.05) is 5.75 Å². The van der Waals surface area contributed by atoms with Crippen LogP contribution in [0.5, 0.6) is 0 Å². The highest BCUT2D eigenvalue weighted by atomic mass is 32.2. The molecule has 0 aliphatic heterocycles. The van der Waals surface area contributed by atoms with E-state index in [0.29, 0.717) is 18.7 Å². The second-order valence-corrected chi connectivity index (χ2v) is 9.89. The number of carbonyl (C=O) groups is 2. The lowest BCUT2D eigenvalue weighted by atomic mass is 10.1. The number of hydrogen-bond donors (Lipinski definition) is 1. The third-order valence-corrected chi connectivity index (χ3v) is 7.13. The van der Waals surface area contributed by atoms with Gasteiger partial charge in [-0.2, -0.15) is 0 Å². The molecule has 5 heteroatoms. The van der Waals surface area contributed by atoms with Gasteiger partial charge in [-0.1, -0.05) is 79.4 Å². The molecule has 1 aliphatic carbocycles. The second-order valence-electron chi connectivity index (χ2n) is 8.90. The molecule has 2 aromatic carbocycles. The first kappa shape index (κ1) is 24.4. The Labute approximate surface area is 197 Å². The number of rotatable bonds is 10. The topological polar surface area (TPSA) is 49.4 Å². The molecule has 1 N–H and O–H groups in total. The maximum atomic E-state index is 13.3. The van der Waals surface area contributed by atoms with Crippen LogP contribution >= 0.6 is 11.8 Å². The minimum absolute atomic E-state index is 0.0102. The molecule has 2 aromatic rings. The first-order valence-corrected chi connectivity index (χ1v) is 12.9. The van der Waals surface area contributed by atoms with E-state index in [-0.39, 0.29) is 17.9 Å². The van der Waals surface area contributed by atoms with E-state index >= 15 is 0 Å². The van der Waals surface area contributed by atoms with E-state index in [2.05, 4.69) is 55.6 Å². The van der Waals surface area contributed by atoms with E-state index in [0.717, 1.165) is 29.7 Å². The lowest BCUT2D eigenvalue weighted by Gasteiger charge is -2.31. The van der Waals surface area contributed by atoms with Crippen molar-refractivity contribution in [3.63, 3.8) is 0 Å². The quantitative estimate of drug-likeness (QED) is 0.525. The van der Waals surface area contributed by atoms with Crippen LogP contribution in [0.3, 0.4) is 0 Å². The first-order chi connectivity index (χ1) is 15.5. The average molecular weight is 453 g/mol. The third kappa shape index (κ3) is 7.13. The van der Waals surface area contributed by atoms with Crippen molar-refractivity contribution in [3.05, 3.63) is 70.8 Å². The standard InChI is InChI=1S/C27H36N2O2S/c1-4-25(27(31)28-24-10-5-6-11-24)29(17-23-9-7-8-21(3)16-23)26(30)19-32-18-22-14-12-20(2)13-15-22/h7-9,12-16,24-25H,4-6,10-11,17-19H2,1-3H3,(H,28,31)/t25-/m1/s1. The van der Waals surface area contributed by atoms with E-state index in [1.807, 2.05) is 19.1 Å². The van der Waals surface area contributed by atoms with Gasteiger partial charge in [0.05, 0.1) is 5.75 Å². The molecule has 0 saturated heterocycles. The number of amides is 2. The number of thioether (sulfide) groups is 1. The van der Waals surface area contributed by atoms with Crippen LogP contribution in [0.15, 0.2) is 48.5 Å². The molecule has 0 aromatic heterocycles. The Morgan fingerprint density at radius 2 is 1.75 bits per heavy atom. The molecule has 3 rings (SSSR count). The minimum atomic E-state index is -0.441. The molecule has 2 amide bonds. The maximum absolute atomic E-state index is 13.3. The van der Waals surface area contributed by atoms with Crippen LogP contribution in [0.4, 0.5) is 0 Å². The van der Waals surface area contributed by atoms with Crippen molar-refractivity contribution in [2.45, 2.75) is 77.3 Å². The van der Waals surface area contributed by atoms with Crippen LogP contribution in [0, 0.1) is 13.8 Å². The summed E-state index contributed by atoms with van der Waals surface area (Å²) in [5, 5.41) is 3.21. The summed E-state index contributed by atoms with van der Waals surface area (Å²) in [5.74, 6) is 1.17. The number of benzene rings is 2. The van der Waals surface area contributed by atoms with Gasteiger partial charge in [-0.15, -0.1) is 11.8 Å². The molecule has 172 valence electrons. The Balaban J connectivity index is 1.69. The molecule has 1 aliphatic rings. The maximum Gasteiger partial charge on any atom is 0.243 e. The highest BCUT2D eigenvalue weighted by molar-refractivity contribution is 7.99. The van der Waals surface area contributed by atoms with Gasteiger partial charge in [0.1, 0.15) is 6.04 Å². The molecular formula is C27H36N2O2S. The highest BCUT2D eigenvalue weighted by Crippen LogP contribution is 2.21. The molecule has 32 heavy (non-hydrogen) atoms. The van der Waals surface area contributed by atoms with Crippen LogP contribution in [-0.2, 0) is 21.9 Å². The van der Waals surface area contributed by atoms with Gasteiger partial charge in [0, 0.05) is 18.3 Å². The summed E-state index contributed by atoms with van der Waals surface area (Å²) in [7, 11) is 0. The zero-order valence-electron chi connectivity index (χ0n) is 19.6. The van der Waals surface area contributed by atoms with Crippen molar-refractivity contribution < 1.29 is 9.59 Å². The Morgan fingerprint density at radius 3 is 2.41 bits per heavy atom. The van der Waals surface area contributed by atoms with Gasteiger partial charge < -0.3 is 10.2 Å². The van der Waals surface area contributed by atoms with E-state index in [1.165, 1.54) is 24.0 Å². The van der Waals surface area contributed by atoms with Crippen LogP contribution in [0.1, 0.15) is 61.3 Å². The molecule has 0 heterocycles. The first-order valence-electron chi connectivity index (χ1n) is 11.7. The van der Waals surface area contributed by atoms with E-state index in [1.54, 1.807) is 16.7 Å². The highest BCUT2D eigenvalue weighted by Gasteiger charge is 2.30. The van der Waals surface area contributed by atoms with Crippen LogP contribution in [0.2, 0.25) is 0 Å². The summed E-state index contributed by atoms with van der Waals surface area (Å²) in [5.41, 5.74) is 4.67. The fourth-order valence-corrected chi connectivity index (χ4v) is 5.19. The fraction of sp³-hybridized carbons (Fsp3) is 0.481. The minimum Gasteiger partial charge on any atom is -0.352 e. The third-order valence-electron chi connectivity index (χ3n) is 6.14. The Bertz CT molecular complexity index is 891. The summed E-state index contributed by atoms with van der Waals surface area (Å²) in [4.78, 5) is 28.3. The van der Waals surface area contributed by atoms with Gasteiger partial charge in [-0.05, 0) is 44.2 Å². The predicted molar refractivity (Wildman–Crippen MR) is 134 cm³/mol. The lowest BCUT2D eigenvalue weighted by molar-refractivity contribution is -0.139. The zero-order valence-corrected chi connectivity index (χ0v) is 20.4. The number of nitrogens with one attached hydrogen (secondary N) is 1. The molecule has 0 spiro atoms. The van der Waals surface area contributed by atoms with E-state index < -0.39 is 6.04 Å². The van der Waals surface area contributed by atoms with E-state index in [9.17, 15) is 9.59 Å². The number of carbonyl (C=O) groups excluding carboxylic acids is 2. The average Bonchev–Trinajstić information content (AvgIpc) is 3.28. The molecule has 1 atom stereocenters. The lowest BCUT2D eigenvalue weighted by Crippen LogP contribution is -2.51. The van der Waals surface area contributed by atoms with Gasteiger partial charge in [0.2, 0.25) is 11.8 Å². The summed E-state index contributed by atoms with van der Waals surface area (Å²) < 4.78 is 0. The summed E-state index contributed by atoms with van der Waals surface area (Å²) in [6, 6.07) is 16.4. The van der Waals surface area contributed by atoms with Gasteiger partial charge in [-0.25, -0.2) is 0 Å². The van der Waals surface area contributed by atoms with E-state index in [4.69, 9.17) is 0 Å². The predicted octanol–water partition coefficient (Wildman–Crippen LogP) is 5.40. The van der Waals surface area contributed by atoms with Crippen molar-refractivity contribution in [1.29, 1.82) is 0 Å². The fourth-order valence-electron chi connectivity index (χ4n) is 4.32. The Kier molecular flexibility index (Phi) is 9.22. The molecule has 4 nitrogen and oxygen atoms in total. The van der Waals surface area contributed by atoms with Crippen molar-refractivity contribution in [1.82, 2.24) is 10.2 Å². The summed E-state index contributed by atoms with van der Waals surface area (Å²) >= 11 is 1.61. The van der Waals surface area contributed by atoms with Crippen molar-refractivity contribution >= 4 is 23.6 Å². The zero-order chi connectivity index (χ0) is 22.9. The molecule has 1 saturated carbocycles.